The van der Waals surface area contributed by atoms with Gasteiger partial charge < -0.3 is 5.41 Å². The predicted molar refractivity (Wildman–Crippen MR) is 167 cm³/mol. The molecule has 0 saturated carbocycles. The second-order valence-electron chi connectivity index (χ2n) is 10.4. The highest BCUT2D eigenvalue weighted by molar-refractivity contribution is 6.03. The molecule has 0 radical (unpaired) electrons. The largest absolute Gasteiger partial charge is 0.309 e. The van der Waals surface area contributed by atoms with E-state index in [1.54, 1.807) is 6.20 Å². The van der Waals surface area contributed by atoms with Gasteiger partial charge in [-0.3, -0.25) is 14.7 Å². The first-order valence-electron chi connectivity index (χ1n) is 14.1. The summed E-state index contributed by atoms with van der Waals surface area (Å²) in [6.45, 7) is 1.31. The van der Waals surface area contributed by atoms with Crippen molar-refractivity contribution in [3.05, 3.63) is 162 Å². The minimum absolute atomic E-state index is 0.0795. The van der Waals surface area contributed by atoms with Gasteiger partial charge in [0.15, 0.2) is 5.78 Å². The average Bonchev–Trinajstić information content (AvgIpc) is 3.02. The minimum atomic E-state index is -0.357. The van der Waals surface area contributed by atoms with Gasteiger partial charge in [0.1, 0.15) is 0 Å². The van der Waals surface area contributed by atoms with E-state index in [1.165, 1.54) is 0 Å². The molecular weight excluding hydrogens is 502 g/mol. The lowest BCUT2D eigenvalue weighted by Gasteiger charge is -2.31. The van der Waals surface area contributed by atoms with Gasteiger partial charge in [-0.05, 0) is 40.8 Å². The van der Waals surface area contributed by atoms with E-state index < -0.39 is 0 Å². The zero-order valence-electron chi connectivity index (χ0n) is 23.2. The maximum absolute atomic E-state index is 14.0. The zero-order chi connectivity index (χ0) is 28.3. The highest BCUT2D eigenvalue weighted by Crippen LogP contribution is 2.21. The van der Waals surface area contributed by atoms with Gasteiger partial charge in [-0.25, -0.2) is 0 Å². The second kappa shape index (κ2) is 14.1. The third-order valence-electron chi connectivity index (χ3n) is 7.26. The topological polar surface area (TPSA) is 57.1 Å². The molecule has 1 atom stereocenters. The molecule has 5 rings (SSSR count). The van der Waals surface area contributed by atoms with Crippen molar-refractivity contribution in [1.82, 2.24) is 9.88 Å². The average molecular weight is 538 g/mol. The molecule has 4 aromatic carbocycles. The van der Waals surface area contributed by atoms with Gasteiger partial charge in [-0.2, -0.15) is 0 Å². The Kier molecular flexibility index (Phi) is 9.59. The van der Waals surface area contributed by atoms with Crippen LogP contribution in [0.15, 0.2) is 140 Å². The van der Waals surface area contributed by atoms with Crippen LogP contribution in [0.1, 0.15) is 28.7 Å². The lowest BCUT2D eigenvalue weighted by Crippen LogP contribution is -2.42. The van der Waals surface area contributed by atoms with Gasteiger partial charge in [0.05, 0.1) is 11.7 Å². The molecule has 1 N–H and O–H groups in total. The van der Waals surface area contributed by atoms with Crippen molar-refractivity contribution in [2.24, 2.45) is 0 Å². The quantitative estimate of drug-likeness (QED) is 0.158. The Morgan fingerprint density at radius 3 is 1.71 bits per heavy atom. The number of nitrogens with zero attached hydrogens (tertiary/aromatic N) is 2. The van der Waals surface area contributed by atoms with E-state index in [1.807, 2.05) is 97.1 Å². The SMILES string of the molecule is N=C(CC(=O)[C@H](Cc1ccccc1)N(Cc1ccccc1)Cc1ccccc1)Cc1ccc(-c2ccccn2)cc1. The van der Waals surface area contributed by atoms with Gasteiger partial charge in [0.2, 0.25) is 0 Å². The van der Waals surface area contributed by atoms with E-state index in [-0.39, 0.29) is 18.2 Å². The Labute approximate surface area is 242 Å². The number of Topliss-reactive ketones (excluding diaryl/α,β-unsaturated/α-hetero) is 1. The Balaban J connectivity index is 1.34. The van der Waals surface area contributed by atoms with Crippen molar-refractivity contribution in [2.75, 3.05) is 0 Å². The third-order valence-corrected chi connectivity index (χ3v) is 7.26. The molecule has 0 saturated heterocycles. The molecular formula is C37H35N3O. The summed E-state index contributed by atoms with van der Waals surface area (Å²) in [6, 6.07) is 44.5. The molecule has 1 heterocycles. The van der Waals surface area contributed by atoms with Crippen molar-refractivity contribution in [3.63, 3.8) is 0 Å². The van der Waals surface area contributed by atoms with Crippen molar-refractivity contribution in [1.29, 1.82) is 5.41 Å². The molecule has 1 aromatic heterocycles. The number of rotatable bonds is 13. The van der Waals surface area contributed by atoms with Crippen LogP contribution in [0.3, 0.4) is 0 Å². The number of carbonyl (C=O) groups is 1. The first-order chi connectivity index (χ1) is 20.1. The van der Waals surface area contributed by atoms with E-state index in [0.717, 1.165) is 33.5 Å². The summed E-state index contributed by atoms with van der Waals surface area (Å²) in [5.74, 6) is 0.0795. The lowest BCUT2D eigenvalue weighted by atomic mass is 9.94. The number of hydrogen-bond acceptors (Lipinski definition) is 4. The van der Waals surface area contributed by atoms with Crippen LogP contribution in [0, 0.1) is 5.41 Å². The molecule has 4 heteroatoms. The minimum Gasteiger partial charge on any atom is -0.309 e. The van der Waals surface area contributed by atoms with Crippen molar-refractivity contribution in [2.45, 2.75) is 38.4 Å². The number of benzene rings is 4. The van der Waals surface area contributed by atoms with E-state index in [9.17, 15) is 4.79 Å². The third kappa shape index (κ3) is 8.17. The van der Waals surface area contributed by atoms with Crippen LogP contribution < -0.4 is 0 Å². The smallest absolute Gasteiger partial charge is 0.155 e. The maximum Gasteiger partial charge on any atom is 0.155 e. The number of nitrogens with one attached hydrogen (secondary N) is 1. The van der Waals surface area contributed by atoms with Gasteiger partial charge in [-0.1, -0.05) is 121 Å². The first-order valence-corrected chi connectivity index (χ1v) is 14.1. The van der Waals surface area contributed by atoms with E-state index in [2.05, 4.69) is 46.3 Å². The summed E-state index contributed by atoms with van der Waals surface area (Å²) in [7, 11) is 0. The molecule has 41 heavy (non-hydrogen) atoms. The maximum atomic E-state index is 14.0. The molecule has 5 aromatic rings. The van der Waals surface area contributed by atoms with Gasteiger partial charge >= 0.3 is 0 Å². The molecule has 0 aliphatic heterocycles. The zero-order valence-corrected chi connectivity index (χ0v) is 23.2. The summed E-state index contributed by atoms with van der Waals surface area (Å²) in [5, 5.41) is 8.78. The molecule has 0 aliphatic rings. The Bertz CT molecular complexity index is 1480. The van der Waals surface area contributed by atoms with Crippen LogP contribution in [-0.4, -0.2) is 27.4 Å². The van der Waals surface area contributed by atoms with Gasteiger partial charge in [0.25, 0.3) is 0 Å². The fraction of sp³-hybridized carbons (Fsp3) is 0.162. The number of ketones is 1. The molecule has 0 fully saturated rings. The van der Waals surface area contributed by atoms with Crippen molar-refractivity contribution in [3.8, 4) is 11.3 Å². The monoisotopic (exact) mass is 537 g/mol. The molecule has 4 nitrogen and oxygen atoms in total. The highest BCUT2D eigenvalue weighted by Gasteiger charge is 2.27. The first kappa shape index (κ1) is 27.9. The van der Waals surface area contributed by atoms with Crippen LogP contribution >= 0.6 is 0 Å². The fourth-order valence-electron chi connectivity index (χ4n) is 5.16. The summed E-state index contributed by atoms with van der Waals surface area (Å²) in [4.78, 5) is 20.7. The molecule has 0 bridgehead atoms. The Morgan fingerprint density at radius 2 is 1.17 bits per heavy atom. The number of pyridine rings is 1. The highest BCUT2D eigenvalue weighted by atomic mass is 16.1. The standard InChI is InChI=1S/C37H35N3O/c38-34(24-30-19-21-33(22-20-30)35-18-10-11-23-39-35)26-37(41)36(25-29-12-4-1-5-13-29)40(27-31-14-6-2-7-15-31)28-32-16-8-3-9-17-32/h1-23,36,38H,24-28H2/t36-/m0/s1. The molecule has 0 spiro atoms. The van der Waals surface area contributed by atoms with Crippen molar-refractivity contribution >= 4 is 11.5 Å². The summed E-state index contributed by atoms with van der Waals surface area (Å²) >= 11 is 0. The molecule has 204 valence electrons. The van der Waals surface area contributed by atoms with Crippen LogP contribution in [0.2, 0.25) is 0 Å². The number of aromatic nitrogens is 1. The fourth-order valence-corrected chi connectivity index (χ4v) is 5.16. The summed E-state index contributed by atoms with van der Waals surface area (Å²) < 4.78 is 0. The van der Waals surface area contributed by atoms with Gasteiger partial charge in [-0.15, -0.1) is 0 Å². The van der Waals surface area contributed by atoms with E-state index >= 15 is 0 Å². The summed E-state index contributed by atoms with van der Waals surface area (Å²) in [6.07, 6.45) is 2.96. The van der Waals surface area contributed by atoms with Crippen LogP contribution in [0.25, 0.3) is 11.3 Å². The predicted octanol–water partition coefficient (Wildman–Crippen LogP) is 7.58. The Hall–Kier alpha value is -4.67. The van der Waals surface area contributed by atoms with Crippen molar-refractivity contribution < 1.29 is 4.79 Å². The van der Waals surface area contributed by atoms with E-state index in [0.29, 0.717) is 31.6 Å². The lowest BCUT2D eigenvalue weighted by molar-refractivity contribution is -0.123. The normalized spacial score (nSPS) is 11.7. The van der Waals surface area contributed by atoms with E-state index in [4.69, 9.17) is 5.41 Å². The molecule has 0 aliphatic carbocycles. The molecule has 0 unspecified atom stereocenters. The second-order valence-corrected chi connectivity index (χ2v) is 10.4. The molecule has 0 amide bonds. The Morgan fingerprint density at radius 1 is 0.634 bits per heavy atom. The van der Waals surface area contributed by atoms with Crippen LogP contribution in [-0.2, 0) is 30.7 Å². The van der Waals surface area contributed by atoms with Crippen LogP contribution in [0.5, 0.6) is 0 Å². The number of carbonyl (C=O) groups excluding carboxylic acids is 1. The van der Waals surface area contributed by atoms with Gasteiger partial charge in [0, 0.05) is 43.4 Å². The number of hydrogen-bond donors (Lipinski definition) is 1. The van der Waals surface area contributed by atoms with Crippen LogP contribution in [0.4, 0.5) is 0 Å². The summed E-state index contributed by atoms with van der Waals surface area (Å²) in [5.41, 5.74) is 6.86.